The Bertz CT molecular complexity index is 2020. The van der Waals surface area contributed by atoms with Crippen molar-refractivity contribution in [1.29, 1.82) is 0 Å². The zero-order valence-electron chi connectivity index (χ0n) is 20.4. The molecule has 0 aliphatic rings. The molecule has 3 aromatic carbocycles. The lowest BCUT2D eigenvalue weighted by atomic mass is 10.1. The molecule has 0 atom stereocenters. The Hall–Kier alpha value is -4.81. The van der Waals surface area contributed by atoms with E-state index in [2.05, 4.69) is 20.1 Å². The highest BCUT2D eigenvalue weighted by Crippen LogP contribution is 2.30. The first-order chi connectivity index (χ1) is 18.1. The number of benzene rings is 3. The molecular weight excluding hydrogens is 504 g/mol. The highest BCUT2D eigenvalue weighted by molar-refractivity contribution is 7.89. The number of imidazole rings is 2. The number of hydrogen-bond donors (Lipinski definition) is 3. The third-order valence-corrected chi connectivity index (χ3v) is 7.28. The maximum atomic E-state index is 13.9. The molecule has 0 saturated carbocycles. The van der Waals surface area contributed by atoms with Crippen molar-refractivity contribution in [1.82, 2.24) is 29.3 Å². The number of nitrogens with one attached hydrogen (secondary N) is 1. The molecule has 3 aromatic heterocycles. The number of nitrogens with zero attached hydrogens (tertiary/aromatic N) is 5. The number of H-pyrrole nitrogens is 1. The number of anilines is 1. The number of carbonyl (C=O) groups excluding carboxylic acids is 1. The van der Waals surface area contributed by atoms with Crippen molar-refractivity contribution in [3.63, 3.8) is 0 Å². The second-order valence-corrected chi connectivity index (χ2v) is 10.5. The predicted molar refractivity (Wildman–Crippen MR) is 143 cm³/mol. The number of rotatable bonds is 4. The highest BCUT2D eigenvalue weighted by atomic mass is 32.2. The van der Waals surface area contributed by atoms with Gasteiger partial charge in [0.15, 0.2) is 5.95 Å². The summed E-state index contributed by atoms with van der Waals surface area (Å²) in [7, 11) is -3.93. The van der Waals surface area contributed by atoms with Crippen LogP contribution >= 0.6 is 0 Å². The topological polar surface area (TPSA) is 168 Å². The predicted octanol–water partition coefficient (Wildman–Crippen LogP) is 3.30. The summed E-state index contributed by atoms with van der Waals surface area (Å²) in [6, 6.07) is 18.9. The summed E-state index contributed by atoms with van der Waals surface area (Å²) in [5, 5.41) is 9.97. The van der Waals surface area contributed by atoms with Gasteiger partial charge in [0.05, 0.1) is 38.3 Å². The molecule has 6 rings (SSSR count). The van der Waals surface area contributed by atoms with Gasteiger partial charge in [-0.25, -0.2) is 28.2 Å². The van der Waals surface area contributed by atoms with E-state index < -0.39 is 10.0 Å². The van der Waals surface area contributed by atoms with Crippen LogP contribution in [0.2, 0.25) is 0 Å². The van der Waals surface area contributed by atoms with E-state index in [9.17, 15) is 13.2 Å². The minimum Gasteiger partial charge on any atom is -0.369 e. The van der Waals surface area contributed by atoms with Gasteiger partial charge in [0.25, 0.3) is 5.91 Å². The summed E-state index contributed by atoms with van der Waals surface area (Å²) in [5.41, 5.74) is 11.1. The van der Waals surface area contributed by atoms with Crippen LogP contribution in [0.5, 0.6) is 0 Å². The lowest BCUT2D eigenvalue weighted by Gasteiger charge is -2.10. The summed E-state index contributed by atoms with van der Waals surface area (Å²) in [6.07, 6.45) is 0. The lowest BCUT2D eigenvalue weighted by Crippen LogP contribution is -2.18. The van der Waals surface area contributed by atoms with Gasteiger partial charge in [-0.2, -0.15) is 5.10 Å². The summed E-state index contributed by atoms with van der Waals surface area (Å²) in [6.45, 7) is 3.55. The summed E-state index contributed by atoms with van der Waals surface area (Å²) in [5.74, 6) is 0.466. The molecule has 12 heteroatoms. The van der Waals surface area contributed by atoms with Crippen molar-refractivity contribution in [2.24, 2.45) is 5.14 Å². The maximum absolute atomic E-state index is 13.9. The Morgan fingerprint density at radius 1 is 0.947 bits per heavy atom. The van der Waals surface area contributed by atoms with Crippen LogP contribution in [0.15, 0.2) is 71.6 Å². The van der Waals surface area contributed by atoms with Crippen molar-refractivity contribution in [3.05, 3.63) is 83.9 Å². The fraction of sp³-hybridized carbons (Fsp3) is 0.0769. The molecule has 0 radical (unpaired) electrons. The molecule has 38 heavy (non-hydrogen) atoms. The summed E-state index contributed by atoms with van der Waals surface area (Å²) >= 11 is 0. The number of aromatic nitrogens is 6. The van der Waals surface area contributed by atoms with Crippen molar-refractivity contribution in [3.8, 4) is 16.8 Å². The number of hydrogen-bond acceptors (Lipinski definition) is 7. The van der Waals surface area contributed by atoms with E-state index in [1.165, 1.54) is 10.6 Å². The highest BCUT2D eigenvalue weighted by Gasteiger charge is 2.23. The standard InChI is InChI=1S/C26H22N8O3S/c1-14-11-23(34(32-14)17-8-9-19-20(13-17)31-26(27)30-19)25(35)33-15(2)29-21-12-16(7-10-22(21)33)18-5-3-4-6-24(18)38(28,36)37/h3-13H,1-2H3,(H3,27,30,31)(H2,28,36,37). The average molecular weight is 527 g/mol. The van der Waals surface area contributed by atoms with Crippen LogP contribution in [0.4, 0.5) is 5.95 Å². The Kier molecular flexibility index (Phi) is 5.19. The van der Waals surface area contributed by atoms with Crippen molar-refractivity contribution >= 4 is 43.9 Å². The number of fused-ring (bicyclic) bond motifs is 2. The fourth-order valence-electron chi connectivity index (χ4n) is 4.69. The molecule has 0 aliphatic carbocycles. The molecule has 0 spiro atoms. The molecule has 6 aromatic rings. The minimum atomic E-state index is -3.93. The molecule has 0 fully saturated rings. The van der Waals surface area contributed by atoms with Crippen LogP contribution < -0.4 is 10.9 Å². The van der Waals surface area contributed by atoms with Crippen molar-refractivity contribution in [2.75, 3.05) is 5.73 Å². The van der Waals surface area contributed by atoms with E-state index in [1.54, 1.807) is 54.1 Å². The Balaban J connectivity index is 1.46. The number of sulfonamides is 1. The van der Waals surface area contributed by atoms with Gasteiger partial charge in [-0.15, -0.1) is 0 Å². The van der Waals surface area contributed by atoms with Crippen molar-refractivity contribution < 1.29 is 13.2 Å². The first-order valence-corrected chi connectivity index (χ1v) is 13.1. The Labute approximate surface area is 216 Å². The van der Waals surface area contributed by atoms with Gasteiger partial charge in [0.2, 0.25) is 10.0 Å². The maximum Gasteiger partial charge on any atom is 0.282 e. The largest absolute Gasteiger partial charge is 0.369 e. The van der Waals surface area contributed by atoms with E-state index in [0.717, 1.165) is 5.52 Å². The SMILES string of the molecule is Cc1cc(C(=O)n2c(C)nc3cc(-c4ccccc4S(N)(=O)=O)ccc32)n(-c2ccc3nc(N)[nH]c3c2)n1. The van der Waals surface area contributed by atoms with Crippen LogP contribution in [0.1, 0.15) is 22.0 Å². The second-order valence-electron chi connectivity index (χ2n) is 8.95. The zero-order valence-corrected chi connectivity index (χ0v) is 21.2. The number of primary sulfonamides is 1. The monoisotopic (exact) mass is 526 g/mol. The van der Waals surface area contributed by atoms with Crippen LogP contribution in [0.25, 0.3) is 38.9 Å². The average Bonchev–Trinajstić information content (AvgIpc) is 3.54. The van der Waals surface area contributed by atoms with Crippen LogP contribution in [-0.4, -0.2) is 43.6 Å². The van der Waals surface area contributed by atoms with E-state index in [1.807, 2.05) is 25.1 Å². The van der Waals surface area contributed by atoms with E-state index >= 15 is 0 Å². The van der Waals surface area contributed by atoms with Gasteiger partial charge in [-0.1, -0.05) is 24.3 Å². The molecule has 5 N–H and O–H groups in total. The van der Waals surface area contributed by atoms with E-state index in [-0.39, 0.29) is 10.8 Å². The van der Waals surface area contributed by atoms with Gasteiger partial charge in [-0.3, -0.25) is 9.36 Å². The quantitative estimate of drug-likeness (QED) is 0.317. The second kappa shape index (κ2) is 8.36. The molecular formula is C26H22N8O3S. The minimum absolute atomic E-state index is 0.0157. The Morgan fingerprint density at radius 2 is 1.74 bits per heavy atom. The molecule has 0 bridgehead atoms. The molecule has 0 amide bonds. The summed E-state index contributed by atoms with van der Waals surface area (Å²) < 4.78 is 27.3. The number of nitrogens with two attached hydrogens (primary N) is 2. The molecule has 0 unspecified atom stereocenters. The molecule has 11 nitrogen and oxygen atoms in total. The Morgan fingerprint density at radius 3 is 2.53 bits per heavy atom. The number of carbonyl (C=O) groups is 1. The number of aromatic amines is 1. The van der Waals surface area contributed by atoms with Crippen LogP contribution in [0, 0.1) is 13.8 Å². The van der Waals surface area contributed by atoms with Gasteiger partial charge >= 0.3 is 0 Å². The summed E-state index contributed by atoms with van der Waals surface area (Å²) in [4.78, 5) is 25.7. The van der Waals surface area contributed by atoms with Gasteiger partial charge < -0.3 is 10.7 Å². The third-order valence-electron chi connectivity index (χ3n) is 6.31. The van der Waals surface area contributed by atoms with Crippen molar-refractivity contribution in [2.45, 2.75) is 18.7 Å². The van der Waals surface area contributed by atoms with Crippen LogP contribution in [0.3, 0.4) is 0 Å². The molecule has 3 heterocycles. The van der Waals surface area contributed by atoms with Crippen LogP contribution in [-0.2, 0) is 10.0 Å². The first-order valence-electron chi connectivity index (χ1n) is 11.6. The van der Waals surface area contributed by atoms with E-state index in [0.29, 0.717) is 56.5 Å². The van der Waals surface area contributed by atoms with Gasteiger partial charge in [-0.05, 0) is 61.9 Å². The molecule has 0 saturated heterocycles. The number of nitrogen functional groups attached to an aromatic ring is 1. The smallest absolute Gasteiger partial charge is 0.282 e. The van der Waals surface area contributed by atoms with Gasteiger partial charge in [0.1, 0.15) is 11.5 Å². The van der Waals surface area contributed by atoms with E-state index in [4.69, 9.17) is 10.9 Å². The molecule has 0 aliphatic heterocycles. The molecule has 190 valence electrons. The first kappa shape index (κ1) is 23.6. The lowest BCUT2D eigenvalue weighted by molar-refractivity contribution is 0.0954. The zero-order chi connectivity index (χ0) is 26.8. The van der Waals surface area contributed by atoms with Gasteiger partial charge in [0, 0.05) is 5.56 Å². The normalized spacial score (nSPS) is 12.0. The third kappa shape index (κ3) is 3.83. The fourth-order valence-corrected chi connectivity index (χ4v) is 5.45. The number of aryl methyl sites for hydroxylation is 2.